The molecule has 71 heavy (non-hydrogen) atoms. The Labute approximate surface area is 414 Å². The molecule has 1 aromatic carbocycles. The minimum absolute atomic E-state index is 0.0116. The number of hydrogen-bond acceptors (Lipinski definition) is 19. The molecule has 5 aromatic heterocycles. The summed E-state index contributed by atoms with van der Waals surface area (Å²) in [5, 5.41) is 51.8. The first-order valence-corrected chi connectivity index (χ1v) is 25.0. The summed E-state index contributed by atoms with van der Waals surface area (Å²) in [7, 11) is 0. The number of fused-ring (bicyclic) bond motifs is 1. The van der Waals surface area contributed by atoms with E-state index in [0.717, 1.165) is 75.1 Å². The van der Waals surface area contributed by atoms with E-state index < -0.39 is 35.6 Å². The molecule has 374 valence electrons. The zero-order valence-corrected chi connectivity index (χ0v) is 41.4. The molecular formula is C48H60N16O6S. The Balaban J connectivity index is 0.753. The van der Waals surface area contributed by atoms with Crippen LogP contribution < -0.4 is 20.7 Å². The van der Waals surface area contributed by atoms with Gasteiger partial charge in [-0.25, -0.2) is 24.3 Å². The van der Waals surface area contributed by atoms with Gasteiger partial charge in [0.1, 0.15) is 47.3 Å². The maximum atomic E-state index is 14.2. The van der Waals surface area contributed by atoms with Crippen molar-refractivity contribution in [3.8, 4) is 34.9 Å². The number of carbonyl (C=O) groups is 2. The minimum atomic E-state index is -0.933. The Morgan fingerprint density at radius 1 is 1.14 bits per heavy atom. The van der Waals surface area contributed by atoms with Crippen LogP contribution in [0, 0.1) is 17.2 Å². The van der Waals surface area contributed by atoms with Gasteiger partial charge < -0.3 is 45.2 Å². The Bertz CT molecular complexity index is 2880. The summed E-state index contributed by atoms with van der Waals surface area (Å²) in [6.07, 6.45) is 10.6. The van der Waals surface area contributed by atoms with Crippen LogP contribution >= 0.6 is 11.3 Å². The Morgan fingerprint density at radius 2 is 1.99 bits per heavy atom. The van der Waals surface area contributed by atoms with Gasteiger partial charge in [-0.3, -0.25) is 9.59 Å². The number of β-amino-alcohol motifs (C(OH)–C–C–N with tert-alkyl or cyclic N) is 1. The number of carbonyl (C=O) groups excluding carboxylic acids is 2. The smallest absolute Gasteiger partial charge is 0.253 e. The van der Waals surface area contributed by atoms with Crippen LogP contribution in [0.3, 0.4) is 0 Å². The second-order valence-electron chi connectivity index (χ2n) is 19.3. The van der Waals surface area contributed by atoms with Crippen molar-refractivity contribution in [3.63, 3.8) is 0 Å². The summed E-state index contributed by atoms with van der Waals surface area (Å²) in [4.78, 5) is 53.4. The van der Waals surface area contributed by atoms with Crippen molar-refractivity contribution >= 4 is 34.1 Å². The first kappa shape index (κ1) is 49.0. The van der Waals surface area contributed by atoms with Crippen LogP contribution in [-0.2, 0) is 21.4 Å². The van der Waals surface area contributed by atoms with Crippen molar-refractivity contribution in [2.24, 2.45) is 5.92 Å². The number of nitrogens with one attached hydrogen (secondary N) is 1. The molecule has 1 aliphatic carbocycles. The number of nitriles is 1. The number of aliphatic hydroxyl groups is 1. The summed E-state index contributed by atoms with van der Waals surface area (Å²) in [6, 6.07) is 6.87. The van der Waals surface area contributed by atoms with E-state index in [1.807, 2.05) is 20.8 Å². The van der Waals surface area contributed by atoms with E-state index in [1.165, 1.54) is 44.3 Å². The fraction of sp³-hybridized carbons (Fsp3) is 0.521. The second kappa shape index (κ2) is 20.7. The van der Waals surface area contributed by atoms with Gasteiger partial charge >= 0.3 is 0 Å². The average Bonchev–Trinajstić information content (AvgIpc) is 4.21. The number of likely N-dealkylation sites (tertiary alicyclic amines) is 1. The zero-order valence-electron chi connectivity index (χ0n) is 40.5. The third-order valence-corrected chi connectivity index (χ3v) is 15.0. The number of anilines is 2. The van der Waals surface area contributed by atoms with Gasteiger partial charge in [0, 0.05) is 60.4 Å². The van der Waals surface area contributed by atoms with Gasteiger partial charge in [-0.05, 0) is 90.4 Å². The van der Waals surface area contributed by atoms with E-state index in [2.05, 4.69) is 58.6 Å². The van der Waals surface area contributed by atoms with Crippen molar-refractivity contribution in [2.45, 2.75) is 115 Å². The molecule has 23 heteroatoms. The molecule has 7 heterocycles. The van der Waals surface area contributed by atoms with Crippen molar-refractivity contribution in [3.05, 3.63) is 76.8 Å². The van der Waals surface area contributed by atoms with Gasteiger partial charge in [0.05, 0.1) is 41.6 Å². The number of aliphatic hydroxyl groups excluding tert-OH is 1. The van der Waals surface area contributed by atoms with Crippen LogP contribution in [0.4, 0.5) is 10.9 Å². The van der Waals surface area contributed by atoms with Crippen molar-refractivity contribution in [1.82, 2.24) is 65.0 Å². The Kier molecular flexibility index (Phi) is 14.3. The van der Waals surface area contributed by atoms with Gasteiger partial charge in [-0.15, -0.1) is 11.3 Å². The standard InChI is InChI=1S/C48H60N16O6S/c1-28(2)41(45(68)62-24-32(65)21-36(62)44(67)54-30(4)33-12-11-31(20-37(33)66)64-27-51-26-53-64)63-25-39(57-59-63)69-19-7-6-16-60-17-9-18-61(29(3)23-60)47-52-15-13-35(55-47)43-56-46(70-58-43)48(5)14-8-10-38-40(48)34(22-49)42(50)71-38/h11-13,15,20,25-30,32,36,41,65-66H,6-10,14,16-19,21,23-24,50H2,1-5H3,(H,54,67)/t29-,30-,32+,36-,41-,48-/m0/s1. The zero-order chi connectivity index (χ0) is 50.0. The SMILES string of the molecule is CC(C)[C@@H](C(=O)N1C[C@H](O)C[C@H]1C(=O)N[C@@H](C)c1ccc(-n2cncn2)cc1O)n1cc(OCCCCN2CCCN(c3nccc(-c4noc([C@@]5(C)CCCc6sc(N)c(C#N)c65)n4)n3)[C@@H](C)C2)nn1. The molecule has 5 N–H and O–H groups in total. The van der Waals surface area contributed by atoms with Gasteiger partial charge in [0.25, 0.3) is 5.88 Å². The average molecular weight is 989 g/mol. The highest BCUT2D eigenvalue weighted by molar-refractivity contribution is 7.16. The van der Waals surface area contributed by atoms with E-state index in [0.29, 0.717) is 57.7 Å². The first-order chi connectivity index (χ1) is 34.2. The number of nitrogens with zero attached hydrogens (tertiary/aromatic N) is 14. The number of phenolic OH excluding ortho intramolecular Hbond substituents is 1. The number of nitrogen functional groups attached to an aromatic ring is 1. The minimum Gasteiger partial charge on any atom is -0.508 e. The molecule has 6 aromatic rings. The van der Waals surface area contributed by atoms with E-state index in [9.17, 15) is 25.1 Å². The monoisotopic (exact) mass is 988 g/mol. The molecule has 2 saturated heterocycles. The largest absolute Gasteiger partial charge is 0.508 e. The second-order valence-corrected chi connectivity index (χ2v) is 20.4. The van der Waals surface area contributed by atoms with E-state index in [4.69, 9.17) is 25.0 Å². The number of ether oxygens (including phenoxy) is 1. The quantitative estimate of drug-likeness (QED) is 0.0980. The number of aromatic hydroxyl groups is 1. The van der Waals surface area contributed by atoms with E-state index >= 15 is 0 Å². The molecule has 2 amide bonds. The maximum absolute atomic E-state index is 14.2. The number of phenols is 1. The number of rotatable bonds is 16. The number of benzene rings is 1. The molecule has 2 fully saturated rings. The van der Waals surface area contributed by atoms with Gasteiger partial charge in [-0.2, -0.15) is 15.3 Å². The molecule has 0 bridgehead atoms. The fourth-order valence-corrected chi connectivity index (χ4v) is 11.4. The molecule has 9 rings (SSSR count). The predicted octanol–water partition coefficient (Wildman–Crippen LogP) is 4.36. The number of hydrogen-bond donors (Lipinski definition) is 4. The van der Waals surface area contributed by atoms with Crippen LogP contribution in [-0.4, -0.2) is 139 Å². The van der Waals surface area contributed by atoms with Gasteiger partial charge in [-0.1, -0.05) is 35.4 Å². The van der Waals surface area contributed by atoms with Crippen LogP contribution in [0.1, 0.15) is 113 Å². The number of nitrogens with two attached hydrogens (primary N) is 1. The molecule has 6 atom stereocenters. The molecular weight excluding hydrogens is 929 g/mol. The molecule has 0 radical (unpaired) electrons. The molecule has 3 aliphatic rings. The van der Waals surface area contributed by atoms with Crippen molar-refractivity contribution < 1.29 is 29.1 Å². The molecule has 0 spiro atoms. The van der Waals surface area contributed by atoms with E-state index in [-0.39, 0.29) is 36.6 Å². The molecule has 0 unspecified atom stereocenters. The normalized spacial score (nSPS) is 21.4. The number of amides is 2. The summed E-state index contributed by atoms with van der Waals surface area (Å²) >= 11 is 1.47. The summed E-state index contributed by atoms with van der Waals surface area (Å²) in [5.74, 6) is 0.642. The lowest BCUT2D eigenvalue weighted by molar-refractivity contribution is -0.142. The maximum Gasteiger partial charge on any atom is 0.253 e. The molecule has 0 saturated carbocycles. The topological polar surface area (TPSA) is 282 Å². The third kappa shape index (κ3) is 10.1. The van der Waals surface area contributed by atoms with Crippen molar-refractivity contribution in [2.75, 3.05) is 50.0 Å². The molecule has 22 nitrogen and oxygen atoms in total. The van der Waals surface area contributed by atoms with Crippen LogP contribution in [0.5, 0.6) is 11.6 Å². The summed E-state index contributed by atoms with van der Waals surface area (Å²) in [6.45, 7) is 13.6. The number of unbranched alkanes of at least 4 members (excludes halogenated alkanes) is 1. The van der Waals surface area contributed by atoms with Crippen LogP contribution in [0.25, 0.3) is 17.2 Å². The number of aromatic nitrogens is 10. The lowest BCUT2D eigenvalue weighted by Crippen LogP contribution is -2.49. The Hall–Kier alpha value is -7.03. The number of aryl methyl sites for hydroxylation is 1. The van der Waals surface area contributed by atoms with Crippen molar-refractivity contribution in [1.29, 1.82) is 5.26 Å². The van der Waals surface area contributed by atoms with E-state index in [1.54, 1.807) is 37.5 Å². The van der Waals surface area contributed by atoms with Gasteiger partial charge in [0.2, 0.25) is 29.5 Å². The number of thiophene rings is 1. The summed E-state index contributed by atoms with van der Waals surface area (Å²) in [5.41, 5.74) is 8.67. The molecule has 2 aliphatic heterocycles. The predicted molar refractivity (Wildman–Crippen MR) is 260 cm³/mol. The third-order valence-electron chi connectivity index (χ3n) is 13.9. The van der Waals surface area contributed by atoms with Gasteiger partial charge in [0.15, 0.2) is 0 Å². The highest BCUT2D eigenvalue weighted by Gasteiger charge is 2.44. The lowest BCUT2D eigenvalue weighted by Gasteiger charge is -2.30. The summed E-state index contributed by atoms with van der Waals surface area (Å²) < 4.78 is 14.9. The fourth-order valence-electron chi connectivity index (χ4n) is 10.2. The Morgan fingerprint density at radius 3 is 2.76 bits per heavy atom. The highest BCUT2D eigenvalue weighted by Crippen LogP contribution is 2.48. The lowest BCUT2D eigenvalue weighted by atomic mass is 9.72. The first-order valence-electron chi connectivity index (χ1n) is 24.2. The highest BCUT2D eigenvalue weighted by atomic mass is 32.1. The van der Waals surface area contributed by atoms with Crippen LogP contribution in [0.2, 0.25) is 0 Å². The van der Waals surface area contributed by atoms with Crippen LogP contribution in [0.15, 0.2) is 53.8 Å².